The molecule has 3 rings (SSSR count). The highest BCUT2D eigenvalue weighted by atomic mass is 19.4. The number of carbonyl (C=O) groups excluding carboxylic acids is 1. The van der Waals surface area contributed by atoms with Gasteiger partial charge < -0.3 is 15.5 Å². The number of carboxylic acid groups (broad SMARTS) is 1. The Kier molecular flexibility index (Phi) is 8.31. The Balaban J connectivity index is 0.000000509. The van der Waals surface area contributed by atoms with E-state index in [-0.39, 0.29) is 25.3 Å². The average molecular weight is 492 g/mol. The molecule has 34 heavy (non-hydrogen) atoms. The maximum Gasteiger partial charge on any atom is 0.490 e. The van der Waals surface area contributed by atoms with E-state index in [1.165, 1.54) is 31.3 Å². The van der Waals surface area contributed by atoms with Gasteiger partial charge in [-0.2, -0.15) is 13.2 Å². The Bertz CT molecular complexity index is 1100. The third kappa shape index (κ3) is 6.50. The van der Waals surface area contributed by atoms with Gasteiger partial charge in [0.15, 0.2) is 5.69 Å². The minimum atomic E-state index is -5.08. The first kappa shape index (κ1) is 26.7. The molecule has 1 aliphatic heterocycles. The van der Waals surface area contributed by atoms with Crippen LogP contribution in [0.5, 0.6) is 5.75 Å². The molecule has 9 nitrogen and oxygen atoms in total. The topological polar surface area (TPSA) is 125 Å². The summed E-state index contributed by atoms with van der Waals surface area (Å²) in [4.78, 5) is 39.5. The summed E-state index contributed by atoms with van der Waals surface area (Å²) in [5.41, 5.74) is -0.544. The second-order valence-electron chi connectivity index (χ2n) is 7.43. The molecule has 186 valence electrons. The lowest BCUT2D eigenvalue weighted by Gasteiger charge is -2.21. The van der Waals surface area contributed by atoms with Crippen LogP contribution < -0.4 is 10.9 Å². The number of carboxylic acids is 1. The quantitative estimate of drug-likeness (QED) is 0.557. The SMILES string of the molecule is CN1C[C@@H](F)C[C@H]1c1nc(C(=O)NCc2ccc(F)cc2)c(O)c(=O)n1C.O=C(O)C(F)(F)F. The third-order valence-corrected chi connectivity index (χ3v) is 4.92. The summed E-state index contributed by atoms with van der Waals surface area (Å²) < 4.78 is 59.5. The average Bonchev–Trinajstić information content (AvgIpc) is 3.09. The number of carbonyl (C=O) groups is 2. The summed E-state index contributed by atoms with van der Waals surface area (Å²) in [6, 6.07) is 5.07. The molecule has 1 aromatic carbocycles. The van der Waals surface area contributed by atoms with Crippen LogP contribution in [0, 0.1) is 5.82 Å². The summed E-state index contributed by atoms with van der Waals surface area (Å²) in [7, 11) is 3.13. The number of amides is 1. The maximum atomic E-state index is 13.7. The van der Waals surface area contributed by atoms with Crippen LogP contribution in [-0.4, -0.2) is 62.5 Å². The van der Waals surface area contributed by atoms with E-state index in [1.807, 2.05) is 0 Å². The van der Waals surface area contributed by atoms with E-state index in [2.05, 4.69) is 10.3 Å². The molecule has 3 N–H and O–H groups in total. The number of likely N-dealkylation sites (tertiary alicyclic amines) is 1. The number of benzene rings is 1. The summed E-state index contributed by atoms with van der Waals surface area (Å²) >= 11 is 0. The van der Waals surface area contributed by atoms with Gasteiger partial charge in [0, 0.05) is 26.6 Å². The zero-order valence-corrected chi connectivity index (χ0v) is 17.9. The summed E-state index contributed by atoms with van der Waals surface area (Å²) in [5.74, 6) is -4.45. The molecule has 0 bridgehead atoms. The summed E-state index contributed by atoms with van der Waals surface area (Å²) in [6.45, 7) is 0.272. The van der Waals surface area contributed by atoms with Crippen LogP contribution in [0.2, 0.25) is 0 Å². The van der Waals surface area contributed by atoms with E-state index in [4.69, 9.17) is 9.90 Å². The van der Waals surface area contributed by atoms with Gasteiger partial charge in [-0.1, -0.05) is 12.1 Å². The number of aromatic nitrogens is 2. The van der Waals surface area contributed by atoms with Crippen LogP contribution in [0.3, 0.4) is 0 Å². The molecular formula is C20H21F5N4O5. The molecule has 0 radical (unpaired) electrons. The molecule has 1 fully saturated rings. The van der Waals surface area contributed by atoms with Crippen molar-refractivity contribution in [2.24, 2.45) is 7.05 Å². The molecule has 0 spiro atoms. The highest BCUT2D eigenvalue weighted by molar-refractivity contribution is 5.94. The van der Waals surface area contributed by atoms with Gasteiger partial charge in [-0.05, 0) is 24.7 Å². The van der Waals surface area contributed by atoms with Crippen molar-refractivity contribution in [2.75, 3.05) is 13.6 Å². The minimum Gasteiger partial charge on any atom is -0.501 e. The number of aliphatic carboxylic acids is 1. The van der Waals surface area contributed by atoms with Crippen molar-refractivity contribution in [3.8, 4) is 5.75 Å². The number of hydrogen-bond donors (Lipinski definition) is 3. The highest BCUT2D eigenvalue weighted by Crippen LogP contribution is 2.31. The van der Waals surface area contributed by atoms with Gasteiger partial charge in [-0.3, -0.25) is 19.1 Å². The molecule has 1 aromatic heterocycles. The first-order valence-corrected chi connectivity index (χ1v) is 9.69. The van der Waals surface area contributed by atoms with Gasteiger partial charge in [-0.25, -0.2) is 18.6 Å². The van der Waals surface area contributed by atoms with Gasteiger partial charge in [0.1, 0.15) is 17.8 Å². The van der Waals surface area contributed by atoms with E-state index in [9.17, 15) is 36.6 Å². The Morgan fingerprint density at radius 2 is 1.76 bits per heavy atom. The fourth-order valence-electron chi connectivity index (χ4n) is 3.17. The number of rotatable bonds is 4. The summed E-state index contributed by atoms with van der Waals surface area (Å²) in [5, 5.41) is 19.7. The molecule has 0 aliphatic carbocycles. The largest absolute Gasteiger partial charge is 0.501 e. The fourth-order valence-corrected chi connectivity index (χ4v) is 3.17. The molecule has 0 saturated carbocycles. The monoisotopic (exact) mass is 492 g/mol. The molecule has 1 amide bonds. The second-order valence-corrected chi connectivity index (χ2v) is 7.43. The first-order chi connectivity index (χ1) is 15.7. The van der Waals surface area contributed by atoms with Crippen LogP contribution in [0.4, 0.5) is 22.0 Å². The van der Waals surface area contributed by atoms with Crippen molar-refractivity contribution in [1.29, 1.82) is 0 Å². The lowest BCUT2D eigenvalue weighted by Crippen LogP contribution is -2.33. The lowest BCUT2D eigenvalue weighted by molar-refractivity contribution is -0.192. The van der Waals surface area contributed by atoms with Crippen LogP contribution in [0.1, 0.15) is 34.3 Å². The highest BCUT2D eigenvalue weighted by Gasteiger charge is 2.38. The van der Waals surface area contributed by atoms with Crippen molar-refractivity contribution in [2.45, 2.75) is 31.4 Å². The van der Waals surface area contributed by atoms with Crippen LogP contribution in [0.15, 0.2) is 29.1 Å². The van der Waals surface area contributed by atoms with Crippen molar-refractivity contribution in [1.82, 2.24) is 19.8 Å². The van der Waals surface area contributed by atoms with Gasteiger partial charge in [0.25, 0.3) is 11.5 Å². The fraction of sp³-hybridized carbons (Fsp3) is 0.400. The van der Waals surface area contributed by atoms with Crippen molar-refractivity contribution < 1.29 is 41.8 Å². The Labute approximate surface area is 189 Å². The number of nitrogens with zero attached hydrogens (tertiary/aromatic N) is 3. The number of aromatic hydroxyl groups is 1. The van der Waals surface area contributed by atoms with Gasteiger partial charge in [0.05, 0.1) is 6.04 Å². The third-order valence-electron chi connectivity index (χ3n) is 4.92. The molecular weight excluding hydrogens is 471 g/mol. The lowest BCUT2D eigenvalue weighted by atomic mass is 10.1. The number of alkyl halides is 4. The zero-order valence-electron chi connectivity index (χ0n) is 17.9. The van der Waals surface area contributed by atoms with Crippen molar-refractivity contribution >= 4 is 11.9 Å². The second kappa shape index (κ2) is 10.6. The van der Waals surface area contributed by atoms with E-state index in [0.29, 0.717) is 5.56 Å². The molecule has 0 unspecified atom stereocenters. The smallest absolute Gasteiger partial charge is 0.490 e. The van der Waals surface area contributed by atoms with E-state index < -0.39 is 53.1 Å². The number of hydrogen-bond acceptors (Lipinski definition) is 6. The molecule has 1 saturated heterocycles. The zero-order chi connectivity index (χ0) is 25.8. The molecule has 2 aromatic rings. The van der Waals surface area contributed by atoms with Crippen molar-refractivity contribution in [3.63, 3.8) is 0 Å². The minimum absolute atomic E-state index is 0.0701. The van der Waals surface area contributed by atoms with Gasteiger partial charge >= 0.3 is 12.1 Å². The van der Waals surface area contributed by atoms with Crippen LogP contribution in [-0.2, 0) is 18.4 Å². The molecule has 2 atom stereocenters. The van der Waals surface area contributed by atoms with Gasteiger partial charge in [0.2, 0.25) is 5.75 Å². The first-order valence-electron chi connectivity index (χ1n) is 9.69. The Morgan fingerprint density at radius 1 is 1.21 bits per heavy atom. The molecule has 2 heterocycles. The molecule has 14 heteroatoms. The van der Waals surface area contributed by atoms with Crippen LogP contribution >= 0.6 is 0 Å². The van der Waals surface area contributed by atoms with E-state index >= 15 is 0 Å². The predicted octanol–water partition coefficient (Wildman–Crippen LogP) is 1.90. The Morgan fingerprint density at radius 3 is 2.24 bits per heavy atom. The predicted molar refractivity (Wildman–Crippen MR) is 107 cm³/mol. The Hall–Kier alpha value is -3.55. The number of nitrogens with one attached hydrogen (secondary N) is 1. The van der Waals surface area contributed by atoms with Gasteiger partial charge in [-0.15, -0.1) is 0 Å². The molecule has 1 aliphatic rings. The standard InChI is InChI=1S/C18H20F2N4O3.C2HF3O2/c1-23-9-12(20)7-13(23)16-22-14(15(25)18(27)24(16)2)17(26)21-8-10-3-5-11(19)6-4-10;3-2(4,5)1(6)7/h3-6,12-13,25H,7-9H2,1-2H3,(H,21,26);(H,6,7)/t12-,13-;/m0./s1. The number of halogens is 5. The maximum absolute atomic E-state index is 13.7. The normalized spacial score (nSPS) is 18.2. The van der Waals surface area contributed by atoms with Crippen LogP contribution in [0.25, 0.3) is 0 Å². The van der Waals surface area contributed by atoms with E-state index in [1.54, 1.807) is 11.9 Å². The van der Waals surface area contributed by atoms with E-state index in [0.717, 1.165) is 4.57 Å². The van der Waals surface area contributed by atoms with Crippen molar-refractivity contribution in [3.05, 3.63) is 57.5 Å². The summed E-state index contributed by atoms with van der Waals surface area (Å²) in [6.07, 6.45) is -5.99.